The molecule has 11 heteroatoms. The topological polar surface area (TPSA) is 139 Å². The van der Waals surface area contributed by atoms with Crippen LogP contribution in [0.25, 0.3) is 28.0 Å². The van der Waals surface area contributed by atoms with Gasteiger partial charge in [0.15, 0.2) is 5.65 Å². The van der Waals surface area contributed by atoms with Gasteiger partial charge in [0, 0.05) is 17.5 Å². The van der Waals surface area contributed by atoms with Crippen molar-refractivity contribution in [1.29, 1.82) is 5.26 Å². The molecule has 4 rings (SSSR count). The fraction of sp³-hybridized carbons (Fsp3) is 0.0526. The molecule has 0 unspecified atom stereocenters. The lowest BCUT2D eigenvalue weighted by atomic mass is 10.00. The van der Waals surface area contributed by atoms with Crippen LogP contribution in [-0.4, -0.2) is 28.0 Å². The number of hydrogen-bond donors (Lipinski definition) is 2. The molecule has 0 amide bonds. The molecule has 0 spiro atoms. The number of hydrogen-bond acceptors (Lipinski definition) is 6. The Balaban J connectivity index is 2.04. The number of pyridine rings is 1. The van der Waals surface area contributed by atoms with Crippen molar-refractivity contribution < 1.29 is 8.42 Å². The van der Waals surface area contributed by atoms with Crippen LogP contribution in [0.3, 0.4) is 0 Å². The number of benzene rings is 1. The lowest BCUT2D eigenvalue weighted by Crippen LogP contribution is -2.22. The van der Waals surface area contributed by atoms with Crippen molar-refractivity contribution in [1.82, 2.24) is 19.6 Å². The number of aryl methyl sites for hydroxylation is 1. The number of nitrogens with one attached hydrogen (secondary N) is 1. The highest BCUT2D eigenvalue weighted by Gasteiger charge is 2.20. The van der Waals surface area contributed by atoms with E-state index >= 15 is 0 Å². The zero-order valence-electron chi connectivity index (χ0n) is 15.5. The predicted octanol–water partition coefficient (Wildman–Crippen LogP) is 2.91. The summed E-state index contributed by atoms with van der Waals surface area (Å²) >= 11 is 6.17. The van der Waals surface area contributed by atoms with Crippen molar-refractivity contribution in [3.05, 3.63) is 65.1 Å². The molecule has 3 N–H and O–H groups in total. The quantitative estimate of drug-likeness (QED) is 0.468. The monoisotopic (exact) mass is 439 g/mol. The fourth-order valence-corrected chi connectivity index (χ4v) is 3.76. The first kappa shape index (κ1) is 19.8. The summed E-state index contributed by atoms with van der Waals surface area (Å²) in [5, 5.41) is 19.2. The third-order valence-corrected chi connectivity index (χ3v) is 4.90. The molecule has 3 aromatic heterocycles. The smallest absolute Gasteiger partial charge is 0.255 e. The summed E-state index contributed by atoms with van der Waals surface area (Å²) in [4.78, 5) is 8.57. The van der Waals surface area contributed by atoms with Gasteiger partial charge in [0.25, 0.3) is 10.2 Å². The first-order valence-corrected chi connectivity index (χ1v) is 10.5. The molecule has 0 bridgehead atoms. The van der Waals surface area contributed by atoms with E-state index in [9.17, 15) is 13.7 Å². The van der Waals surface area contributed by atoms with Crippen LogP contribution in [0.2, 0.25) is 5.15 Å². The minimum absolute atomic E-state index is 0.0420. The third kappa shape index (κ3) is 3.95. The van der Waals surface area contributed by atoms with Crippen molar-refractivity contribution in [3.8, 4) is 28.5 Å². The summed E-state index contributed by atoms with van der Waals surface area (Å²) < 4.78 is 26.5. The number of halogens is 1. The van der Waals surface area contributed by atoms with E-state index in [1.165, 1.54) is 10.6 Å². The standard InChI is InChI=1S/C19H14ClN7O2S/c1-11-7-14(9-15(20)23-11)17-18(13-4-2-3-12(8-13)10-21)25-27-6-5-16(24-19(17)27)26-30(22,28)29/h2-9H,1H3,(H,24,26)(H2,22,28,29). The molecule has 1 aromatic carbocycles. The van der Waals surface area contributed by atoms with Crippen molar-refractivity contribution in [2.24, 2.45) is 5.14 Å². The van der Waals surface area contributed by atoms with Crippen LogP contribution in [0.1, 0.15) is 11.3 Å². The van der Waals surface area contributed by atoms with Gasteiger partial charge in [-0.3, -0.25) is 4.72 Å². The van der Waals surface area contributed by atoms with Crippen LogP contribution in [0, 0.1) is 18.3 Å². The van der Waals surface area contributed by atoms with Crippen molar-refractivity contribution in [2.45, 2.75) is 6.92 Å². The number of nitrogens with two attached hydrogens (primary N) is 1. The SMILES string of the molecule is Cc1cc(-c2c(-c3cccc(C#N)c3)nn3ccc(NS(N)(=O)=O)nc23)cc(Cl)n1. The fourth-order valence-electron chi connectivity index (χ4n) is 3.11. The maximum absolute atomic E-state index is 11.4. The summed E-state index contributed by atoms with van der Waals surface area (Å²) in [5.74, 6) is 0.0420. The maximum Gasteiger partial charge on any atom is 0.297 e. The summed E-state index contributed by atoms with van der Waals surface area (Å²) in [6, 6.07) is 14.0. The van der Waals surface area contributed by atoms with E-state index in [0.717, 1.165) is 0 Å². The Hall–Kier alpha value is -3.52. The molecule has 0 saturated carbocycles. The first-order valence-electron chi connectivity index (χ1n) is 8.58. The van der Waals surface area contributed by atoms with E-state index < -0.39 is 10.2 Å². The number of rotatable bonds is 4. The summed E-state index contributed by atoms with van der Waals surface area (Å²) in [5.41, 5.74) is 4.09. The van der Waals surface area contributed by atoms with Gasteiger partial charge < -0.3 is 0 Å². The highest BCUT2D eigenvalue weighted by atomic mass is 35.5. The molecule has 0 fully saturated rings. The van der Waals surface area contributed by atoms with Gasteiger partial charge in [-0.1, -0.05) is 23.7 Å². The van der Waals surface area contributed by atoms with Gasteiger partial charge in [-0.2, -0.15) is 18.8 Å². The van der Waals surface area contributed by atoms with Crippen molar-refractivity contribution in [3.63, 3.8) is 0 Å². The van der Waals surface area contributed by atoms with Gasteiger partial charge in [0.1, 0.15) is 16.7 Å². The molecule has 0 aliphatic rings. The van der Waals surface area contributed by atoms with Crippen molar-refractivity contribution in [2.75, 3.05) is 4.72 Å². The van der Waals surface area contributed by atoms with E-state index in [4.69, 9.17) is 16.7 Å². The molecule has 4 aromatic rings. The molecule has 0 atom stereocenters. The maximum atomic E-state index is 11.4. The Morgan fingerprint density at radius 3 is 2.67 bits per heavy atom. The van der Waals surface area contributed by atoms with Crippen molar-refractivity contribution >= 4 is 33.3 Å². The highest BCUT2D eigenvalue weighted by Crippen LogP contribution is 2.36. The Bertz CT molecular complexity index is 1420. The van der Waals surface area contributed by atoms with Crippen LogP contribution >= 0.6 is 11.6 Å². The normalized spacial score (nSPS) is 11.4. The molecule has 0 aliphatic carbocycles. The lowest BCUT2D eigenvalue weighted by molar-refractivity contribution is 0.602. The second kappa shape index (κ2) is 7.38. The second-order valence-corrected chi connectivity index (χ2v) is 8.15. The Labute approximate surface area is 177 Å². The number of anilines is 1. The average molecular weight is 440 g/mol. The minimum atomic E-state index is -4.00. The number of nitriles is 1. The Morgan fingerprint density at radius 2 is 1.97 bits per heavy atom. The molecule has 0 radical (unpaired) electrons. The molecule has 9 nitrogen and oxygen atoms in total. The molecule has 30 heavy (non-hydrogen) atoms. The van der Waals surface area contributed by atoms with Gasteiger partial charge >= 0.3 is 0 Å². The number of nitrogens with zero attached hydrogens (tertiary/aromatic N) is 5. The van der Waals surface area contributed by atoms with Crippen LogP contribution in [0.5, 0.6) is 0 Å². The zero-order chi connectivity index (χ0) is 21.5. The second-order valence-electron chi connectivity index (χ2n) is 6.46. The molecule has 0 aliphatic heterocycles. The largest absolute Gasteiger partial charge is 0.297 e. The lowest BCUT2D eigenvalue weighted by Gasteiger charge is -2.07. The molecule has 150 valence electrons. The Morgan fingerprint density at radius 1 is 1.17 bits per heavy atom. The Kier molecular flexibility index (Phi) is 4.87. The summed E-state index contributed by atoms with van der Waals surface area (Å²) in [6.07, 6.45) is 1.56. The van der Waals surface area contributed by atoms with Gasteiger partial charge in [-0.25, -0.2) is 19.6 Å². The van der Waals surface area contributed by atoms with E-state index in [1.807, 2.05) is 12.1 Å². The molecule has 3 heterocycles. The predicted molar refractivity (Wildman–Crippen MR) is 113 cm³/mol. The summed E-state index contributed by atoms with van der Waals surface area (Å²) in [6.45, 7) is 1.80. The molecule has 0 saturated heterocycles. The van der Waals surface area contributed by atoms with Gasteiger partial charge in [0.2, 0.25) is 0 Å². The van der Waals surface area contributed by atoms with Crippen LogP contribution < -0.4 is 9.86 Å². The van der Waals surface area contributed by atoms with Gasteiger partial charge in [0.05, 0.1) is 17.2 Å². The van der Waals surface area contributed by atoms with E-state index in [2.05, 4.69) is 25.9 Å². The van der Waals surface area contributed by atoms with E-state index in [-0.39, 0.29) is 5.82 Å². The average Bonchev–Trinajstić information content (AvgIpc) is 3.05. The van der Waals surface area contributed by atoms with E-state index in [1.54, 1.807) is 37.4 Å². The highest BCUT2D eigenvalue weighted by molar-refractivity contribution is 7.90. The third-order valence-electron chi connectivity index (χ3n) is 4.21. The zero-order valence-corrected chi connectivity index (χ0v) is 17.1. The number of fused-ring (bicyclic) bond motifs is 1. The van der Waals surface area contributed by atoms with Gasteiger partial charge in [-0.05, 0) is 42.8 Å². The molecular weight excluding hydrogens is 426 g/mol. The summed E-state index contributed by atoms with van der Waals surface area (Å²) in [7, 11) is -4.00. The first-order chi connectivity index (χ1) is 14.2. The van der Waals surface area contributed by atoms with Crippen LogP contribution in [0.15, 0.2) is 48.7 Å². The van der Waals surface area contributed by atoms with E-state index in [0.29, 0.717) is 44.4 Å². The number of aromatic nitrogens is 4. The molecular formula is C19H14ClN7O2S. The minimum Gasteiger partial charge on any atom is -0.255 e. The van der Waals surface area contributed by atoms with Crippen LogP contribution in [-0.2, 0) is 10.2 Å². The van der Waals surface area contributed by atoms with Crippen LogP contribution in [0.4, 0.5) is 5.82 Å². The van der Waals surface area contributed by atoms with Gasteiger partial charge in [-0.15, -0.1) is 0 Å².